The van der Waals surface area contributed by atoms with Crippen molar-refractivity contribution in [2.24, 2.45) is 0 Å². The summed E-state index contributed by atoms with van der Waals surface area (Å²) < 4.78 is 5.61. The van der Waals surface area contributed by atoms with Crippen LogP contribution in [0.5, 0.6) is 0 Å². The molecular formula is C27H34N2O5. The van der Waals surface area contributed by atoms with E-state index in [9.17, 15) is 14.4 Å². The molecule has 1 aliphatic rings. The minimum atomic E-state index is -0.796. The molecule has 3 N–H and O–H groups in total. The molecule has 182 valence electrons. The maximum atomic E-state index is 12.5. The molecule has 34 heavy (non-hydrogen) atoms. The van der Waals surface area contributed by atoms with Crippen LogP contribution in [0.1, 0.15) is 69.4 Å². The maximum Gasteiger partial charge on any atom is 0.407 e. The lowest BCUT2D eigenvalue weighted by atomic mass is 9.98. The summed E-state index contributed by atoms with van der Waals surface area (Å²) >= 11 is 0. The third-order valence-electron chi connectivity index (χ3n) is 6.15. The van der Waals surface area contributed by atoms with Crippen molar-refractivity contribution in [3.63, 3.8) is 0 Å². The fourth-order valence-electron chi connectivity index (χ4n) is 4.29. The van der Waals surface area contributed by atoms with Gasteiger partial charge in [0.25, 0.3) is 0 Å². The average Bonchev–Trinajstić information content (AvgIpc) is 3.12. The third kappa shape index (κ3) is 7.07. The Morgan fingerprint density at radius 3 is 2.15 bits per heavy atom. The van der Waals surface area contributed by atoms with Crippen molar-refractivity contribution in [2.75, 3.05) is 13.2 Å². The molecule has 0 atom stereocenters. The monoisotopic (exact) mass is 466 g/mol. The average molecular weight is 467 g/mol. The van der Waals surface area contributed by atoms with Gasteiger partial charge >= 0.3 is 12.1 Å². The molecule has 0 saturated heterocycles. The number of nitrogens with one attached hydrogen (secondary N) is 2. The molecule has 7 heteroatoms. The summed E-state index contributed by atoms with van der Waals surface area (Å²) in [5, 5.41) is 14.4. The second-order valence-electron chi connectivity index (χ2n) is 9.39. The minimum absolute atomic E-state index is 0.00235. The minimum Gasteiger partial charge on any atom is -0.481 e. The van der Waals surface area contributed by atoms with Crippen molar-refractivity contribution in [3.8, 4) is 11.1 Å². The Balaban J connectivity index is 1.41. The predicted molar refractivity (Wildman–Crippen MR) is 131 cm³/mol. The van der Waals surface area contributed by atoms with E-state index in [0.29, 0.717) is 19.4 Å². The van der Waals surface area contributed by atoms with Crippen LogP contribution in [0.15, 0.2) is 48.5 Å². The molecule has 2 amide bonds. The van der Waals surface area contributed by atoms with E-state index in [1.54, 1.807) is 0 Å². The Labute approximate surface area is 200 Å². The number of carboxylic acids is 1. The van der Waals surface area contributed by atoms with Gasteiger partial charge in [-0.2, -0.15) is 0 Å². The molecule has 0 spiro atoms. The maximum absolute atomic E-state index is 12.5. The number of carbonyl (C=O) groups excluding carboxylic acids is 2. The van der Waals surface area contributed by atoms with Gasteiger partial charge in [-0.3, -0.25) is 9.59 Å². The van der Waals surface area contributed by atoms with Crippen LogP contribution >= 0.6 is 0 Å². The SMILES string of the molecule is CC(C)(CCC(=O)NCCCCCC(=O)O)NC(=O)OCC1c2ccccc2-c2ccccc21. The van der Waals surface area contributed by atoms with Crippen molar-refractivity contribution in [3.05, 3.63) is 59.7 Å². The van der Waals surface area contributed by atoms with Crippen molar-refractivity contribution in [1.29, 1.82) is 0 Å². The molecular weight excluding hydrogens is 432 g/mol. The number of unbranched alkanes of at least 4 members (excludes halogenated alkanes) is 2. The van der Waals surface area contributed by atoms with Crippen LogP contribution in [-0.4, -0.2) is 41.8 Å². The van der Waals surface area contributed by atoms with Crippen LogP contribution in [-0.2, 0) is 14.3 Å². The van der Waals surface area contributed by atoms with E-state index < -0.39 is 17.6 Å². The normalized spacial score (nSPS) is 12.5. The summed E-state index contributed by atoms with van der Waals surface area (Å²) in [6.07, 6.45) is 2.55. The van der Waals surface area contributed by atoms with Crippen LogP contribution in [0.2, 0.25) is 0 Å². The summed E-state index contributed by atoms with van der Waals surface area (Å²) in [6, 6.07) is 16.4. The van der Waals surface area contributed by atoms with Gasteiger partial charge in [0.05, 0.1) is 0 Å². The lowest BCUT2D eigenvalue weighted by Crippen LogP contribution is -2.44. The van der Waals surface area contributed by atoms with E-state index in [1.165, 1.54) is 11.1 Å². The highest BCUT2D eigenvalue weighted by Gasteiger charge is 2.30. The molecule has 0 bridgehead atoms. The molecule has 0 aromatic heterocycles. The van der Waals surface area contributed by atoms with Gasteiger partial charge in [-0.15, -0.1) is 0 Å². The van der Waals surface area contributed by atoms with Crippen LogP contribution in [0, 0.1) is 0 Å². The van der Waals surface area contributed by atoms with E-state index in [0.717, 1.165) is 24.0 Å². The number of ether oxygens (including phenoxy) is 1. The van der Waals surface area contributed by atoms with Gasteiger partial charge < -0.3 is 20.5 Å². The Morgan fingerprint density at radius 2 is 1.53 bits per heavy atom. The second kappa shape index (κ2) is 11.7. The second-order valence-corrected chi connectivity index (χ2v) is 9.39. The van der Waals surface area contributed by atoms with Crippen molar-refractivity contribution in [1.82, 2.24) is 10.6 Å². The first kappa shape index (κ1) is 25.3. The smallest absolute Gasteiger partial charge is 0.407 e. The summed E-state index contributed by atoms with van der Waals surface area (Å²) in [5.41, 5.74) is 4.09. The van der Waals surface area contributed by atoms with Gasteiger partial charge in [0.2, 0.25) is 5.91 Å². The molecule has 0 heterocycles. The first-order chi connectivity index (χ1) is 16.3. The van der Waals surface area contributed by atoms with Crippen molar-refractivity contribution in [2.45, 2.75) is 63.8 Å². The van der Waals surface area contributed by atoms with Gasteiger partial charge in [-0.1, -0.05) is 55.0 Å². The quantitative estimate of drug-likeness (QED) is 0.388. The van der Waals surface area contributed by atoms with Gasteiger partial charge in [0.1, 0.15) is 6.61 Å². The molecule has 0 radical (unpaired) electrons. The van der Waals surface area contributed by atoms with Crippen LogP contribution in [0.3, 0.4) is 0 Å². The Kier molecular flexibility index (Phi) is 8.68. The van der Waals surface area contributed by atoms with Crippen LogP contribution < -0.4 is 10.6 Å². The molecule has 7 nitrogen and oxygen atoms in total. The number of benzene rings is 2. The van der Waals surface area contributed by atoms with Crippen molar-refractivity contribution < 1.29 is 24.2 Å². The number of hydrogen-bond acceptors (Lipinski definition) is 4. The Hall–Kier alpha value is -3.35. The molecule has 0 fully saturated rings. The topological polar surface area (TPSA) is 105 Å². The molecule has 2 aromatic rings. The van der Waals surface area contributed by atoms with Gasteiger partial charge in [0, 0.05) is 30.8 Å². The van der Waals surface area contributed by atoms with E-state index >= 15 is 0 Å². The van der Waals surface area contributed by atoms with E-state index in [1.807, 2.05) is 38.1 Å². The number of fused-ring (bicyclic) bond motifs is 3. The molecule has 3 rings (SSSR count). The van der Waals surface area contributed by atoms with E-state index in [4.69, 9.17) is 9.84 Å². The van der Waals surface area contributed by atoms with Gasteiger partial charge in [0.15, 0.2) is 0 Å². The zero-order valence-electron chi connectivity index (χ0n) is 19.9. The third-order valence-corrected chi connectivity index (χ3v) is 6.15. The number of alkyl carbamates (subject to hydrolysis) is 1. The lowest BCUT2D eigenvalue weighted by molar-refractivity contribution is -0.137. The first-order valence-electron chi connectivity index (χ1n) is 11.9. The summed E-state index contributed by atoms with van der Waals surface area (Å²) in [6.45, 7) is 4.51. The Morgan fingerprint density at radius 1 is 0.912 bits per heavy atom. The number of carboxylic acid groups (broad SMARTS) is 1. The number of rotatable bonds is 12. The molecule has 1 aliphatic carbocycles. The van der Waals surface area contributed by atoms with Gasteiger partial charge in [-0.25, -0.2) is 4.79 Å². The molecule has 0 aliphatic heterocycles. The highest BCUT2D eigenvalue weighted by molar-refractivity contribution is 5.79. The molecule has 2 aromatic carbocycles. The number of carbonyl (C=O) groups is 3. The van der Waals surface area contributed by atoms with Gasteiger partial charge in [-0.05, 0) is 55.4 Å². The standard InChI is InChI=1S/C27H34N2O5/c1-27(2,16-15-24(30)28-17-9-3-4-14-25(31)32)29-26(33)34-18-23-21-12-7-5-10-19(21)20-11-6-8-13-22(20)23/h5-8,10-13,23H,3-4,9,14-18H2,1-2H3,(H,28,30)(H,29,33)(H,31,32). The highest BCUT2D eigenvalue weighted by Crippen LogP contribution is 2.44. The number of aliphatic carboxylic acids is 1. The zero-order valence-corrected chi connectivity index (χ0v) is 19.9. The molecule has 0 saturated carbocycles. The van der Waals surface area contributed by atoms with Crippen LogP contribution in [0.4, 0.5) is 4.79 Å². The predicted octanol–water partition coefficient (Wildman–Crippen LogP) is 4.85. The largest absolute Gasteiger partial charge is 0.481 e. The summed E-state index contributed by atoms with van der Waals surface area (Å²) in [4.78, 5) is 35.1. The molecule has 0 unspecified atom stereocenters. The summed E-state index contributed by atoms with van der Waals surface area (Å²) in [5.74, 6) is -0.877. The first-order valence-corrected chi connectivity index (χ1v) is 11.9. The summed E-state index contributed by atoms with van der Waals surface area (Å²) in [7, 11) is 0. The fraction of sp³-hybridized carbons (Fsp3) is 0.444. The van der Waals surface area contributed by atoms with E-state index in [-0.39, 0.29) is 31.3 Å². The fourth-order valence-corrected chi connectivity index (χ4v) is 4.29. The zero-order chi connectivity index (χ0) is 24.6. The van der Waals surface area contributed by atoms with Crippen molar-refractivity contribution >= 4 is 18.0 Å². The highest BCUT2D eigenvalue weighted by atomic mass is 16.5. The Bertz CT molecular complexity index is 972. The van der Waals surface area contributed by atoms with Crippen LogP contribution in [0.25, 0.3) is 11.1 Å². The number of hydrogen-bond donors (Lipinski definition) is 3. The number of amides is 2. The van der Waals surface area contributed by atoms with E-state index in [2.05, 4.69) is 34.9 Å². The lowest BCUT2D eigenvalue weighted by Gasteiger charge is -2.26.